The van der Waals surface area contributed by atoms with Gasteiger partial charge in [-0.3, -0.25) is 4.79 Å². The van der Waals surface area contributed by atoms with E-state index >= 15 is 0 Å². The highest BCUT2D eigenvalue weighted by molar-refractivity contribution is 7.13. The minimum absolute atomic E-state index is 0.222. The number of aldehydes is 1. The maximum atomic E-state index is 10.8. The van der Waals surface area contributed by atoms with Crippen LogP contribution in [0.3, 0.4) is 0 Å². The molecule has 96 valence electrons. The van der Waals surface area contributed by atoms with Gasteiger partial charge < -0.3 is 9.47 Å². The monoisotopic (exact) mass is 269 g/mol. The Labute approximate surface area is 107 Å². The maximum Gasteiger partial charge on any atom is 0.234 e. The molecule has 0 aromatic carbocycles. The minimum atomic E-state index is 0.222. The van der Waals surface area contributed by atoms with E-state index in [4.69, 9.17) is 9.47 Å². The van der Waals surface area contributed by atoms with E-state index < -0.39 is 0 Å². The van der Waals surface area contributed by atoms with E-state index in [9.17, 15) is 4.79 Å². The second-order valence-corrected chi connectivity index (χ2v) is 4.34. The molecule has 8 nitrogen and oxygen atoms in total. The van der Waals surface area contributed by atoms with E-state index in [2.05, 4.69) is 20.5 Å². The first-order valence-electron chi connectivity index (χ1n) is 5.00. The first kappa shape index (κ1) is 12.7. The quantitative estimate of drug-likeness (QED) is 0.693. The van der Waals surface area contributed by atoms with Crippen LogP contribution in [0.1, 0.15) is 21.2 Å². The number of aromatic nitrogens is 5. The summed E-state index contributed by atoms with van der Waals surface area (Å²) in [6, 6.07) is 0. The molecule has 0 aliphatic heterocycles. The van der Waals surface area contributed by atoms with Crippen molar-refractivity contribution in [1.29, 1.82) is 0 Å². The molecule has 0 fully saturated rings. The minimum Gasteiger partial charge on any atom is -0.378 e. The Kier molecular flexibility index (Phi) is 4.07. The van der Waals surface area contributed by atoms with Crippen LogP contribution >= 0.6 is 11.3 Å². The molecule has 18 heavy (non-hydrogen) atoms. The number of carbonyl (C=O) groups is 1. The summed E-state index contributed by atoms with van der Waals surface area (Å²) in [7, 11) is 3.11. The van der Waals surface area contributed by atoms with Gasteiger partial charge in [0.05, 0.1) is 6.61 Å². The number of hydrogen-bond donors (Lipinski definition) is 0. The van der Waals surface area contributed by atoms with Crippen molar-refractivity contribution in [2.75, 3.05) is 14.2 Å². The van der Waals surface area contributed by atoms with E-state index in [1.165, 1.54) is 23.1 Å². The normalized spacial score (nSPS) is 10.8. The van der Waals surface area contributed by atoms with Crippen LogP contribution < -0.4 is 0 Å². The van der Waals surface area contributed by atoms with Crippen molar-refractivity contribution in [3.8, 4) is 5.13 Å². The number of rotatable bonds is 6. The molecule has 0 spiro atoms. The van der Waals surface area contributed by atoms with Crippen molar-refractivity contribution in [2.45, 2.75) is 13.2 Å². The van der Waals surface area contributed by atoms with Gasteiger partial charge in [-0.05, 0) is 0 Å². The average Bonchev–Trinajstić information content (AvgIpc) is 2.96. The lowest BCUT2D eigenvalue weighted by atomic mass is 10.3. The fourth-order valence-electron chi connectivity index (χ4n) is 1.34. The summed E-state index contributed by atoms with van der Waals surface area (Å²) in [4.78, 5) is 10.8. The number of hydrogen-bond acceptors (Lipinski definition) is 8. The molecule has 0 amide bonds. The second-order valence-electron chi connectivity index (χ2n) is 3.30. The summed E-state index contributed by atoms with van der Waals surface area (Å²) in [5.41, 5.74) is 0.785. The van der Waals surface area contributed by atoms with Crippen molar-refractivity contribution in [3.05, 3.63) is 16.4 Å². The Balaban J connectivity index is 2.36. The van der Waals surface area contributed by atoms with Crippen LogP contribution in [0.4, 0.5) is 0 Å². The predicted molar refractivity (Wildman–Crippen MR) is 61.6 cm³/mol. The van der Waals surface area contributed by atoms with Crippen LogP contribution in [-0.2, 0) is 22.7 Å². The summed E-state index contributed by atoms with van der Waals surface area (Å²) < 4.78 is 11.4. The molecule has 0 N–H and O–H groups in total. The van der Waals surface area contributed by atoms with E-state index in [1.54, 1.807) is 7.11 Å². The van der Waals surface area contributed by atoms with Gasteiger partial charge in [0.1, 0.15) is 17.3 Å². The van der Waals surface area contributed by atoms with Gasteiger partial charge in [0.25, 0.3) is 0 Å². The Bertz CT molecular complexity index is 538. The fourth-order valence-corrected chi connectivity index (χ4v) is 2.13. The molecule has 0 radical (unpaired) electrons. The van der Waals surface area contributed by atoms with Gasteiger partial charge in [0, 0.05) is 14.2 Å². The van der Waals surface area contributed by atoms with Gasteiger partial charge in [-0.15, -0.1) is 15.3 Å². The molecule has 2 aromatic rings. The van der Waals surface area contributed by atoms with Crippen LogP contribution in [-0.4, -0.2) is 45.7 Å². The third-order valence-electron chi connectivity index (χ3n) is 2.09. The van der Waals surface area contributed by atoms with Crippen LogP contribution in [0.25, 0.3) is 5.13 Å². The number of ether oxygens (including phenoxy) is 2. The molecule has 9 heteroatoms. The van der Waals surface area contributed by atoms with Gasteiger partial charge in [0.15, 0.2) is 12.0 Å². The molecule has 0 atom stereocenters. The molecule has 0 aliphatic rings. The fraction of sp³-hybridized carbons (Fsp3) is 0.444. The van der Waals surface area contributed by atoms with Crippen LogP contribution in [0.2, 0.25) is 0 Å². The molecular weight excluding hydrogens is 258 g/mol. The lowest BCUT2D eigenvalue weighted by Crippen LogP contribution is -2.04. The molecule has 0 saturated heterocycles. The van der Waals surface area contributed by atoms with E-state index in [0.717, 1.165) is 5.01 Å². The van der Waals surface area contributed by atoms with Crippen LogP contribution in [0.15, 0.2) is 0 Å². The Morgan fingerprint density at radius 3 is 2.67 bits per heavy atom. The first-order chi connectivity index (χ1) is 8.80. The summed E-state index contributed by atoms with van der Waals surface area (Å²) in [6.07, 6.45) is 0.634. The molecule has 0 unspecified atom stereocenters. The Hall–Kier alpha value is -1.71. The molecule has 2 rings (SSSR count). The SMILES string of the molecule is COCc1nnc(-n2nnc(C=O)c2COC)s1. The standard InChI is InChI=1S/C9H11N5O3S/c1-16-4-7-6(3-15)10-13-14(7)9-12-11-8(18-9)5-17-2/h3H,4-5H2,1-2H3. The number of nitrogens with zero attached hydrogens (tertiary/aromatic N) is 5. The Morgan fingerprint density at radius 2 is 2.00 bits per heavy atom. The summed E-state index contributed by atoms with van der Waals surface area (Å²) in [5.74, 6) is 0. The lowest BCUT2D eigenvalue weighted by molar-refractivity contribution is 0.111. The van der Waals surface area contributed by atoms with E-state index in [-0.39, 0.29) is 12.3 Å². The first-order valence-corrected chi connectivity index (χ1v) is 5.82. The molecule has 0 bridgehead atoms. The summed E-state index contributed by atoms with van der Waals surface area (Å²) >= 11 is 1.32. The van der Waals surface area contributed by atoms with Gasteiger partial charge in [-0.2, -0.15) is 4.68 Å². The zero-order valence-corrected chi connectivity index (χ0v) is 10.7. The van der Waals surface area contributed by atoms with Crippen LogP contribution in [0, 0.1) is 0 Å². The van der Waals surface area contributed by atoms with Gasteiger partial charge in [0.2, 0.25) is 5.13 Å². The highest BCUT2D eigenvalue weighted by Gasteiger charge is 2.16. The molecule has 0 aliphatic carbocycles. The van der Waals surface area contributed by atoms with Crippen molar-refractivity contribution < 1.29 is 14.3 Å². The number of methoxy groups -OCH3 is 2. The largest absolute Gasteiger partial charge is 0.378 e. The zero-order chi connectivity index (χ0) is 13.0. The molecular formula is C9H11N5O3S. The maximum absolute atomic E-state index is 10.8. The van der Waals surface area contributed by atoms with E-state index in [1.807, 2.05) is 0 Å². The summed E-state index contributed by atoms with van der Waals surface area (Å²) in [5, 5.41) is 16.8. The molecule has 2 heterocycles. The average molecular weight is 269 g/mol. The predicted octanol–water partition coefficient (Wildman–Crippen LogP) is 0.224. The van der Waals surface area contributed by atoms with Gasteiger partial charge in [-0.25, -0.2) is 0 Å². The summed E-state index contributed by atoms with van der Waals surface area (Å²) in [6.45, 7) is 0.604. The highest BCUT2D eigenvalue weighted by atomic mass is 32.1. The second kappa shape index (κ2) is 5.76. The third kappa shape index (κ3) is 2.42. The number of carbonyl (C=O) groups excluding carboxylic acids is 1. The van der Waals surface area contributed by atoms with Gasteiger partial charge >= 0.3 is 0 Å². The zero-order valence-electron chi connectivity index (χ0n) is 9.86. The third-order valence-corrected chi connectivity index (χ3v) is 2.96. The van der Waals surface area contributed by atoms with Gasteiger partial charge in [-0.1, -0.05) is 16.6 Å². The molecule has 2 aromatic heterocycles. The smallest absolute Gasteiger partial charge is 0.234 e. The van der Waals surface area contributed by atoms with Crippen LogP contribution in [0.5, 0.6) is 0 Å². The Morgan fingerprint density at radius 1 is 1.22 bits per heavy atom. The van der Waals surface area contributed by atoms with Crippen molar-refractivity contribution in [1.82, 2.24) is 25.2 Å². The topological polar surface area (TPSA) is 92.0 Å². The van der Waals surface area contributed by atoms with E-state index in [0.29, 0.717) is 23.7 Å². The van der Waals surface area contributed by atoms with Crippen molar-refractivity contribution >= 4 is 17.6 Å². The van der Waals surface area contributed by atoms with Crippen molar-refractivity contribution in [3.63, 3.8) is 0 Å². The lowest BCUT2D eigenvalue weighted by Gasteiger charge is -2.00. The molecule has 0 saturated carbocycles. The highest BCUT2D eigenvalue weighted by Crippen LogP contribution is 2.17. The van der Waals surface area contributed by atoms with Crippen molar-refractivity contribution in [2.24, 2.45) is 0 Å².